The number of fused-ring (bicyclic) bond motifs is 1. The van der Waals surface area contributed by atoms with Crippen molar-refractivity contribution in [3.8, 4) is 0 Å². The standard InChI is InChI=1S/C33H48N4O3/c1-2-3-4-5-6-7-8-14-32(38)35-29-15-16-31(37-20-17-27-12-9-10-13-28(27)26-37)30(25-29)33(39)34-18-11-19-36-21-23-40-24-22-36/h9-10,12-13,15-16,25H,2-8,11,14,17-24,26H2,1H3,(H,34,39)(H,35,38). The molecular formula is C33H48N4O3. The maximum Gasteiger partial charge on any atom is 0.253 e. The summed E-state index contributed by atoms with van der Waals surface area (Å²) in [7, 11) is 0. The van der Waals surface area contributed by atoms with Crippen LogP contribution in [0.2, 0.25) is 0 Å². The number of nitrogens with zero attached hydrogens (tertiary/aromatic N) is 2. The fourth-order valence-corrected chi connectivity index (χ4v) is 5.66. The molecule has 0 saturated carbocycles. The lowest BCUT2D eigenvalue weighted by molar-refractivity contribution is -0.116. The van der Waals surface area contributed by atoms with Gasteiger partial charge in [-0.15, -0.1) is 0 Å². The topological polar surface area (TPSA) is 73.9 Å². The van der Waals surface area contributed by atoms with E-state index in [0.29, 0.717) is 24.2 Å². The van der Waals surface area contributed by atoms with Crippen LogP contribution in [0.4, 0.5) is 11.4 Å². The van der Waals surface area contributed by atoms with E-state index in [0.717, 1.165) is 77.3 Å². The van der Waals surface area contributed by atoms with Crippen molar-refractivity contribution in [2.75, 3.05) is 56.2 Å². The van der Waals surface area contributed by atoms with Crippen LogP contribution in [0.1, 0.15) is 86.2 Å². The molecule has 1 fully saturated rings. The zero-order valence-corrected chi connectivity index (χ0v) is 24.4. The molecule has 0 bridgehead atoms. The molecule has 0 radical (unpaired) electrons. The first-order chi connectivity index (χ1) is 19.6. The normalized spacial score (nSPS) is 15.5. The third kappa shape index (κ3) is 9.34. The number of benzene rings is 2. The van der Waals surface area contributed by atoms with Crippen molar-refractivity contribution in [3.05, 3.63) is 59.2 Å². The number of carbonyl (C=O) groups is 2. The van der Waals surface area contributed by atoms with Gasteiger partial charge in [0.05, 0.1) is 18.8 Å². The van der Waals surface area contributed by atoms with E-state index in [1.54, 1.807) is 0 Å². The number of anilines is 2. The molecule has 7 heteroatoms. The Kier molecular flexibility index (Phi) is 12.3. The van der Waals surface area contributed by atoms with Crippen LogP contribution in [0.15, 0.2) is 42.5 Å². The van der Waals surface area contributed by atoms with Crippen molar-refractivity contribution in [3.63, 3.8) is 0 Å². The number of hydrogen-bond acceptors (Lipinski definition) is 5. The van der Waals surface area contributed by atoms with Crippen molar-refractivity contribution in [1.82, 2.24) is 10.2 Å². The van der Waals surface area contributed by atoms with Gasteiger partial charge in [0.25, 0.3) is 5.91 Å². The lowest BCUT2D eigenvalue weighted by Crippen LogP contribution is -2.38. The Morgan fingerprint density at radius 1 is 0.875 bits per heavy atom. The molecule has 0 aliphatic carbocycles. The number of carbonyl (C=O) groups excluding carboxylic acids is 2. The van der Waals surface area contributed by atoms with Gasteiger partial charge in [0.1, 0.15) is 0 Å². The summed E-state index contributed by atoms with van der Waals surface area (Å²) in [6.45, 7) is 8.91. The summed E-state index contributed by atoms with van der Waals surface area (Å²) in [5, 5.41) is 6.19. The Hall–Kier alpha value is -2.90. The number of hydrogen-bond donors (Lipinski definition) is 2. The molecule has 0 aromatic heterocycles. The molecule has 218 valence electrons. The van der Waals surface area contributed by atoms with Gasteiger partial charge in [-0.3, -0.25) is 14.5 Å². The Morgan fingerprint density at radius 2 is 1.62 bits per heavy atom. The maximum absolute atomic E-state index is 13.5. The molecular weight excluding hydrogens is 500 g/mol. The molecule has 2 aliphatic rings. The van der Waals surface area contributed by atoms with E-state index in [-0.39, 0.29) is 11.8 Å². The fourth-order valence-electron chi connectivity index (χ4n) is 5.66. The van der Waals surface area contributed by atoms with Gasteiger partial charge in [-0.25, -0.2) is 0 Å². The summed E-state index contributed by atoms with van der Waals surface area (Å²) in [6.07, 6.45) is 10.6. The van der Waals surface area contributed by atoms with Crippen LogP contribution in [-0.4, -0.2) is 62.7 Å². The number of ether oxygens (including phenoxy) is 1. The summed E-state index contributed by atoms with van der Waals surface area (Å²) in [6, 6.07) is 14.3. The lowest BCUT2D eigenvalue weighted by Gasteiger charge is -2.32. The van der Waals surface area contributed by atoms with Crippen LogP contribution in [0.3, 0.4) is 0 Å². The lowest BCUT2D eigenvalue weighted by atomic mass is 9.98. The molecule has 4 rings (SSSR count). The van der Waals surface area contributed by atoms with Gasteiger partial charge in [0.2, 0.25) is 5.91 Å². The molecule has 2 heterocycles. The van der Waals surface area contributed by atoms with Gasteiger partial charge >= 0.3 is 0 Å². The quantitative estimate of drug-likeness (QED) is 0.276. The fraction of sp³-hybridized carbons (Fsp3) is 0.576. The van der Waals surface area contributed by atoms with Gasteiger partial charge in [0, 0.05) is 50.5 Å². The highest BCUT2D eigenvalue weighted by Gasteiger charge is 2.22. The third-order valence-electron chi connectivity index (χ3n) is 8.04. The first kappa shape index (κ1) is 30.1. The van der Waals surface area contributed by atoms with E-state index >= 15 is 0 Å². The highest BCUT2D eigenvalue weighted by molar-refractivity contribution is 6.02. The van der Waals surface area contributed by atoms with Gasteiger partial charge < -0.3 is 20.3 Å². The molecule has 1 saturated heterocycles. The van der Waals surface area contributed by atoms with Crippen LogP contribution < -0.4 is 15.5 Å². The van der Waals surface area contributed by atoms with Crippen LogP contribution in [-0.2, 0) is 22.5 Å². The van der Waals surface area contributed by atoms with E-state index in [4.69, 9.17) is 4.74 Å². The molecule has 7 nitrogen and oxygen atoms in total. The van der Waals surface area contributed by atoms with Crippen LogP contribution in [0, 0.1) is 0 Å². The van der Waals surface area contributed by atoms with Crippen LogP contribution >= 0.6 is 0 Å². The average molecular weight is 549 g/mol. The SMILES string of the molecule is CCCCCCCCCC(=O)Nc1ccc(N2CCc3ccccc3C2)c(C(=O)NCCCN2CCOCC2)c1. The second kappa shape index (κ2) is 16.4. The van der Waals surface area contributed by atoms with Crippen LogP contribution in [0.5, 0.6) is 0 Å². The smallest absolute Gasteiger partial charge is 0.253 e. The van der Waals surface area contributed by atoms with E-state index in [1.807, 2.05) is 18.2 Å². The minimum Gasteiger partial charge on any atom is -0.379 e. The minimum atomic E-state index is -0.0842. The molecule has 2 N–H and O–H groups in total. The molecule has 0 spiro atoms. The van der Waals surface area contributed by atoms with E-state index < -0.39 is 0 Å². The predicted molar refractivity (Wildman–Crippen MR) is 163 cm³/mol. The second-order valence-electron chi connectivity index (χ2n) is 11.2. The minimum absolute atomic E-state index is 0.0186. The molecule has 2 aliphatic heterocycles. The zero-order chi connectivity index (χ0) is 28.0. The predicted octanol–water partition coefficient (Wildman–Crippen LogP) is 5.78. The van der Waals surface area contributed by atoms with Crippen molar-refractivity contribution < 1.29 is 14.3 Å². The largest absolute Gasteiger partial charge is 0.379 e. The number of rotatable bonds is 15. The van der Waals surface area contributed by atoms with Gasteiger partial charge in [-0.05, 0) is 55.1 Å². The number of amides is 2. The van der Waals surface area contributed by atoms with E-state index in [9.17, 15) is 9.59 Å². The van der Waals surface area contributed by atoms with Crippen molar-refractivity contribution >= 4 is 23.2 Å². The Balaban J connectivity index is 1.36. The average Bonchev–Trinajstić information content (AvgIpc) is 2.99. The van der Waals surface area contributed by atoms with Gasteiger partial charge in [0.15, 0.2) is 0 Å². The number of unbranched alkanes of at least 4 members (excludes halogenated alkanes) is 6. The molecule has 2 aromatic carbocycles. The first-order valence-electron chi connectivity index (χ1n) is 15.5. The highest BCUT2D eigenvalue weighted by Crippen LogP contribution is 2.30. The summed E-state index contributed by atoms with van der Waals surface area (Å²) in [4.78, 5) is 30.8. The summed E-state index contributed by atoms with van der Waals surface area (Å²) >= 11 is 0. The second-order valence-corrected chi connectivity index (χ2v) is 11.2. The van der Waals surface area contributed by atoms with Crippen molar-refractivity contribution in [2.45, 2.75) is 77.7 Å². The third-order valence-corrected chi connectivity index (χ3v) is 8.04. The monoisotopic (exact) mass is 548 g/mol. The Labute approximate surface area is 240 Å². The van der Waals surface area contributed by atoms with Crippen molar-refractivity contribution in [2.24, 2.45) is 0 Å². The highest BCUT2D eigenvalue weighted by atomic mass is 16.5. The molecule has 40 heavy (non-hydrogen) atoms. The van der Waals surface area contributed by atoms with Crippen LogP contribution in [0.25, 0.3) is 0 Å². The van der Waals surface area contributed by atoms with E-state index in [1.165, 1.54) is 43.2 Å². The Morgan fingerprint density at radius 3 is 2.42 bits per heavy atom. The summed E-state index contributed by atoms with van der Waals surface area (Å²) in [5.41, 5.74) is 4.91. The summed E-state index contributed by atoms with van der Waals surface area (Å²) < 4.78 is 5.43. The Bertz CT molecular complexity index is 1080. The first-order valence-corrected chi connectivity index (χ1v) is 15.5. The van der Waals surface area contributed by atoms with Crippen molar-refractivity contribution in [1.29, 1.82) is 0 Å². The molecule has 0 atom stereocenters. The number of nitrogens with one attached hydrogen (secondary N) is 2. The van der Waals surface area contributed by atoms with E-state index in [2.05, 4.69) is 51.6 Å². The zero-order valence-electron chi connectivity index (χ0n) is 24.4. The van der Waals surface area contributed by atoms with Gasteiger partial charge in [-0.2, -0.15) is 0 Å². The molecule has 2 aromatic rings. The molecule has 2 amide bonds. The molecule has 0 unspecified atom stereocenters. The summed E-state index contributed by atoms with van der Waals surface area (Å²) in [5.74, 6) is -0.0657. The maximum atomic E-state index is 13.5. The van der Waals surface area contributed by atoms with Gasteiger partial charge in [-0.1, -0.05) is 69.7 Å². The number of morpholine rings is 1.